The van der Waals surface area contributed by atoms with Gasteiger partial charge in [0.25, 0.3) is 5.92 Å². The van der Waals surface area contributed by atoms with Gasteiger partial charge in [-0.25, -0.2) is 23.3 Å². The van der Waals surface area contributed by atoms with E-state index in [1.54, 1.807) is 23.0 Å². The first kappa shape index (κ1) is 20.4. The summed E-state index contributed by atoms with van der Waals surface area (Å²) in [6, 6.07) is 5.34. The van der Waals surface area contributed by atoms with E-state index in [-0.39, 0.29) is 5.82 Å². The zero-order chi connectivity index (χ0) is 22.6. The fraction of sp³-hybridized carbons (Fsp3) is 0.318. The number of carbonyl (C=O) groups excluding carboxylic acids is 1. The van der Waals surface area contributed by atoms with Crippen molar-refractivity contribution in [1.29, 1.82) is 0 Å². The second-order valence-electron chi connectivity index (χ2n) is 8.04. The molecule has 2 atom stereocenters. The highest BCUT2D eigenvalue weighted by Crippen LogP contribution is 2.49. The maximum atomic E-state index is 13.2. The lowest BCUT2D eigenvalue weighted by molar-refractivity contribution is -0.119. The zero-order valence-electron chi connectivity index (χ0n) is 17.4. The number of aliphatic hydroxyl groups is 1. The summed E-state index contributed by atoms with van der Waals surface area (Å²) in [5, 5.41) is 17.6. The number of aromatic nitrogens is 5. The van der Waals surface area contributed by atoms with Crippen molar-refractivity contribution in [1.82, 2.24) is 24.6 Å². The van der Waals surface area contributed by atoms with Gasteiger partial charge in [0.2, 0.25) is 5.91 Å². The van der Waals surface area contributed by atoms with Gasteiger partial charge in [0.1, 0.15) is 18.1 Å². The van der Waals surface area contributed by atoms with Crippen LogP contribution in [0.1, 0.15) is 37.1 Å². The summed E-state index contributed by atoms with van der Waals surface area (Å²) in [4.78, 5) is 25.0. The lowest BCUT2D eigenvalue weighted by atomic mass is 10.0. The lowest BCUT2D eigenvalue weighted by Gasteiger charge is -2.13. The monoisotopic (exact) mass is 438 g/mol. The van der Waals surface area contributed by atoms with Crippen molar-refractivity contribution in [3.05, 3.63) is 48.2 Å². The van der Waals surface area contributed by atoms with Gasteiger partial charge in [0.05, 0.1) is 17.3 Å². The Balaban J connectivity index is 1.56. The van der Waals surface area contributed by atoms with Crippen LogP contribution in [-0.2, 0) is 4.79 Å². The number of nitrogens with zero attached hydrogens (tertiary/aromatic N) is 5. The van der Waals surface area contributed by atoms with Crippen LogP contribution in [0.25, 0.3) is 27.7 Å². The molecular formula is C22H20F2N6O2. The topological polar surface area (TPSA) is 105 Å². The minimum absolute atomic E-state index is 0.172. The number of hydrogen-bond donors (Lipinski definition) is 2. The molecule has 2 N–H and O–H groups in total. The summed E-state index contributed by atoms with van der Waals surface area (Å²) in [6.07, 6.45) is 4.18. The van der Waals surface area contributed by atoms with E-state index in [2.05, 4.69) is 25.4 Å². The molecule has 1 aliphatic rings. The van der Waals surface area contributed by atoms with Gasteiger partial charge in [-0.1, -0.05) is 6.92 Å². The van der Waals surface area contributed by atoms with Crippen LogP contribution in [0.15, 0.2) is 36.9 Å². The molecule has 10 heteroatoms. The van der Waals surface area contributed by atoms with Gasteiger partial charge in [-0.3, -0.25) is 9.78 Å². The number of fused-ring (bicyclic) bond motifs is 3. The second-order valence-corrected chi connectivity index (χ2v) is 8.04. The van der Waals surface area contributed by atoms with Gasteiger partial charge in [-0.15, -0.1) is 0 Å². The van der Waals surface area contributed by atoms with Crippen molar-refractivity contribution in [3.63, 3.8) is 0 Å². The molecule has 2 unspecified atom stereocenters. The molecule has 0 radical (unpaired) electrons. The fourth-order valence-corrected chi connectivity index (χ4v) is 3.80. The summed E-state index contributed by atoms with van der Waals surface area (Å²) in [6.45, 7) is 3.82. The highest BCUT2D eigenvalue weighted by atomic mass is 19.3. The predicted octanol–water partition coefficient (Wildman–Crippen LogP) is 3.69. The van der Waals surface area contributed by atoms with E-state index in [1.165, 1.54) is 6.33 Å². The van der Waals surface area contributed by atoms with Gasteiger partial charge in [-0.2, -0.15) is 5.10 Å². The van der Waals surface area contributed by atoms with Crippen LogP contribution < -0.4 is 5.32 Å². The number of aryl methyl sites for hydroxylation is 1. The molecule has 1 fully saturated rings. The summed E-state index contributed by atoms with van der Waals surface area (Å²) < 4.78 is 28.0. The van der Waals surface area contributed by atoms with E-state index in [0.717, 1.165) is 22.1 Å². The van der Waals surface area contributed by atoms with Gasteiger partial charge < -0.3 is 10.4 Å². The first-order valence-corrected chi connectivity index (χ1v) is 10.2. The van der Waals surface area contributed by atoms with E-state index in [1.807, 2.05) is 26.0 Å². The van der Waals surface area contributed by atoms with Crippen molar-refractivity contribution < 1.29 is 18.7 Å². The van der Waals surface area contributed by atoms with Gasteiger partial charge in [-0.05, 0) is 31.0 Å². The Morgan fingerprint density at radius 2 is 2.03 bits per heavy atom. The Kier molecular flexibility index (Phi) is 4.63. The third-order valence-electron chi connectivity index (χ3n) is 5.77. The van der Waals surface area contributed by atoms with E-state index in [9.17, 15) is 18.7 Å². The Labute approximate surface area is 181 Å². The first-order valence-electron chi connectivity index (χ1n) is 10.2. The summed E-state index contributed by atoms with van der Waals surface area (Å²) in [7, 11) is 0. The third kappa shape index (κ3) is 3.36. The molecule has 0 aromatic carbocycles. The molecule has 0 saturated heterocycles. The Morgan fingerprint density at radius 1 is 1.25 bits per heavy atom. The van der Waals surface area contributed by atoms with E-state index >= 15 is 0 Å². The van der Waals surface area contributed by atoms with E-state index in [0.29, 0.717) is 23.3 Å². The van der Waals surface area contributed by atoms with Crippen molar-refractivity contribution in [2.75, 3.05) is 5.32 Å². The number of hydrogen-bond acceptors (Lipinski definition) is 6. The number of rotatable bonds is 5. The van der Waals surface area contributed by atoms with Crippen molar-refractivity contribution in [3.8, 4) is 11.1 Å². The molecule has 4 aromatic heterocycles. The van der Waals surface area contributed by atoms with Crippen LogP contribution in [0, 0.1) is 12.8 Å². The SMILES string of the molecule is CCC(O)c1cc(C)c(-c2cc3cnc(NC(=O)C4CC4(F)F)cc3n3ncnc23)cn1. The number of aliphatic hydroxyl groups excluding tert-OH is 1. The van der Waals surface area contributed by atoms with Crippen LogP contribution in [-0.4, -0.2) is 41.5 Å². The largest absolute Gasteiger partial charge is 0.387 e. The normalized spacial score (nSPS) is 18.1. The quantitative estimate of drug-likeness (QED) is 0.492. The first-order chi connectivity index (χ1) is 15.3. The van der Waals surface area contributed by atoms with Gasteiger partial charge in [0, 0.05) is 41.4 Å². The molecular weight excluding hydrogens is 418 g/mol. The summed E-state index contributed by atoms with van der Waals surface area (Å²) in [5.74, 6) is -4.82. The van der Waals surface area contributed by atoms with Crippen molar-refractivity contribution >= 4 is 28.3 Å². The summed E-state index contributed by atoms with van der Waals surface area (Å²) >= 11 is 0. The molecule has 1 saturated carbocycles. The fourth-order valence-electron chi connectivity index (χ4n) is 3.80. The molecule has 0 spiro atoms. The Bertz CT molecular complexity index is 1370. The number of nitrogens with one attached hydrogen (secondary N) is 1. The average Bonchev–Trinajstić information content (AvgIpc) is 3.18. The molecule has 4 aromatic rings. The van der Waals surface area contributed by atoms with Crippen LogP contribution in [0.4, 0.5) is 14.6 Å². The second kappa shape index (κ2) is 7.27. The molecule has 0 aliphatic heterocycles. The maximum absolute atomic E-state index is 13.2. The maximum Gasteiger partial charge on any atom is 0.260 e. The smallest absolute Gasteiger partial charge is 0.260 e. The predicted molar refractivity (Wildman–Crippen MR) is 113 cm³/mol. The molecule has 1 aliphatic carbocycles. The number of amides is 1. The molecule has 1 amide bonds. The molecule has 4 heterocycles. The molecule has 32 heavy (non-hydrogen) atoms. The molecule has 0 bridgehead atoms. The van der Waals surface area contributed by atoms with E-state index < -0.39 is 30.3 Å². The number of alkyl halides is 2. The number of carbonyl (C=O) groups is 1. The minimum Gasteiger partial charge on any atom is -0.387 e. The highest BCUT2D eigenvalue weighted by Gasteiger charge is 2.61. The standard InChI is InChI=1S/C22H20F2N6O2/c1-3-18(31)16-4-11(2)14(9-25-16)13-5-12-8-26-19(29-21(32)15-7-22(15,23)24)6-17(12)30-20(13)27-10-28-30/h4-6,8-10,15,18,31H,3,7H2,1-2H3,(H,26,29,32). The van der Waals surface area contributed by atoms with Crippen molar-refractivity contribution in [2.24, 2.45) is 5.92 Å². The minimum atomic E-state index is -2.94. The highest BCUT2D eigenvalue weighted by molar-refractivity contribution is 5.97. The molecule has 164 valence electrons. The van der Waals surface area contributed by atoms with E-state index in [4.69, 9.17) is 0 Å². The van der Waals surface area contributed by atoms with Crippen LogP contribution in [0.5, 0.6) is 0 Å². The number of anilines is 1. The molecule has 8 nitrogen and oxygen atoms in total. The number of pyridine rings is 3. The van der Waals surface area contributed by atoms with Crippen LogP contribution >= 0.6 is 0 Å². The van der Waals surface area contributed by atoms with Crippen LogP contribution in [0.2, 0.25) is 0 Å². The molecule has 5 rings (SSSR count). The van der Waals surface area contributed by atoms with Crippen LogP contribution in [0.3, 0.4) is 0 Å². The number of halogens is 2. The average molecular weight is 438 g/mol. The Morgan fingerprint density at radius 3 is 2.72 bits per heavy atom. The van der Waals surface area contributed by atoms with Crippen molar-refractivity contribution in [2.45, 2.75) is 38.7 Å². The van der Waals surface area contributed by atoms with Gasteiger partial charge in [0.15, 0.2) is 5.65 Å². The van der Waals surface area contributed by atoms with Gasteiger partial charge >= 0.3 is 0 Å². The Hall–Kier alpha value is -3.53. The lowest BCUT2D eigenvalue weighted by Crippen LogP contribution is -2.18. The third-order valence-corrected chi connectivity index (χ3v) is 5.77. The summed E-state index contributed by atoms with van der Waals surface area (Å²) in [5.41, 5.74) is 4.35. The zero-order valence-corrected chi connectivity index (χ0v) is 17.4.